The number of aromatic nitrogens is 1. The fourth-order valence-corrected chi connectivity index (χ4v) is 2.12. The van der Waals surface area contributed by atoms with Gasteiger partial charge in [0.15, 0.2) is 0 Å². The number of nitrogens with one attached hydrogen (secondary N) is 1. The number of carbonyl (C=O) groups excluding carboxylic acids is 1. The molecule has 108 valence electrons. The van der Waals surface area contributed by atoms with Gasteiger partial charge in [-0.15, -0.1) is 0 Å². The molecule has 1 saturated heterocycles. The third-order valence-corrected chi connectivity index (χ3v) is 3.46. The lowest BCUT2D eigenvalue weighted by Crippen LogP contribution is -2.46. The van der Waals surface area contributed by atoms with E-state index in [-0.39, 0.29) is 12.1 Å². The Morgan fingerprint density at radius 2 is 2.10 bits per heavy atom. The molecule has 1 aliphatic heterocycles. The van der Waals surface area contributed by atoms with Gasteiger partial charge in [0, 0.05) is 26.0 Å². The van der Waals surface area contributed by atoms with Crippen LogP contribution in [-0.2, 0) is 9.53 Å². The zero-order valence-electron chi connectivity index (χ0n) is 10.8. The van der Waals surface area contributed by atoms with Gasteiger partial charge in [0.1, 0.15) is 5.82 Å². The molecule has 0 atom stereocenters. The van der Waals surface area contributed by atoms with Gasteiger partial charge in [-0.1, -0.05) is 0 Å². The number of halogens is 1. The lowest BCUT2D eigenvalue weighted by atomic mass is 9.80. The molecule has 20 heavy (non-hydrogen) atoms. The summed E-state index contributed by atoms with van der Waals surface area (Å²) in [7, 11) is 0. The summed E-state index contributed by atoms with van der Waals surface area (Å²) in [6, 6.07) is 1.06. The summed E-state index contributed by atoms with van der Waals surface area (Å²) in [5.41, 5.74) is -0.952. The maximum absolute atomic E-state index is 13.0. The van der Waals surface area contributed by atoms with Crippen LogP contribution in [0.1, 0.15) is 23.2 Å². The Labute approximate surface area is 115 Å². The Morgan fingerprint density at radius 3 is 2.70 bits per heavy atom. The van der Waals surface area contributed by atoms with Crippen molar-refractivity contribution in [1.82, 2.24) is 10.3 Å². The van der Waals surface area contributed by atoms with Gasteiger partial charge in [0.2, 0.25) is 0 Å². The number of hydrogen-bond donors (Lipinski definition) is 2. The minimum Gasteiger partial charge on any atom is -0.481 e. The molecule has 7 heteroatoms. The zero-order valence-corrected chi connectivity index (χ0v) is 10.8. The van der Waals surface area contributed by atoms with Gasteiger partial charge >= 0.3 is 5.97 Å². The molecule has 2 N–H and O–H groups in total. The number of hydrogen-bond acceptors (Lipinski definition) is 4. The van der Waals surface area contributed by atoms with Crippen LogP contribution in [0.2, 0.25) is 0 Å². The number of rotatable bonds is 4. The quantitative estimate of drug-likeness (QED) is 0.854. The van der Waals surface area contributed by atoms with Crippen molar-refractivity contribution in [2.45, 2.75) is 12.8 Å². The predicted octanol–water partition coefficient (Wildman–Crippen LogP) is 0.832. The number of ether oxygens (including phenoxy) is 1. The number of carbonyl (C=O) groups is 2. The highest BCUT2D eigenvalue weighted by molar-refractivity contribution is 5.94. The molecule has 1 fully saturated rings. The number of amides is 1. The van der Waals surface area contributed by atoms with Gasteiger partial charge in [0.05, 0.1) is 17.2 Å². The highest BCUT2D eigenvalue weighted by atomic mass is 19.1. The summed E-state index contributed by atoms with van der Waals surface area (Å²) in [5.74, 6) is -2.11. The molecule has 0 radical (unpaired) electrons. The van der Waals surface area contributed by atoms with Gasteiger partial charge in [-0.2, -0.15) is 0 Å². The Bertz CT molecular complexity index is 515. The number of pyridine rings is 1. The fourth-order valence-electron chi connectivity index (χ4n) is 2.12. The zero-order chi connectivity index (χ0) is 14.6. The highest BCUT2D eigenvalue weighted by Crippen LogP contribution is 2.30. The van der Waals surface area contributed by atoms with E-state index in [1.165, 1.54) is 6.20 Å². The Kier molecular flexibility index (Phi) is 4.29. The molecule has 2 heterocycles. The van der Waals surface area contributed by atoms with Crippen LogP contribution >= 0.6 is 0 Å². The summed E-state index contributed by atoms with van der Waals surface area (Å²) >= 11 is 0. The molecule has 0 aliphatic carbocycles. The fraction of sp³-hybridized carbons (Fsp3) is 0.462. The normalized spacial score (nSPS) is 17.4. The van der Waals surface area contributed by atoms with Crippen molar-refractivity contribution in [3.8, 4) is 0 Å². The Morgan fingerprint density at radius 1 is 1.40 bits per heavy atom. The summed E-state index contributed by atoms with van der Waals surface area (Å²) in [5, 5.41) is 11.9. The molecule has 0 unspecified atom stereocenters. The third kappa shape index (κ3) is 3.11. The Hall–Kier alpha value is -2.02. The molecule has 0 spiro atoms. The van der Waals surface area contributed by atoms with E-state index in [9.17, 15) is 19.1 Å². The number of carboxylic acid groups (broad SMARTS) is 1. The maximum atomic E-state index is 13.0. The van der Waals surface area contributed by atoms with Crippen molar-refractivity contribution in [2.24, 2.45) is 5.41 Å². The van der Waals surface area contributed by atoms with Crippen molar-refractivity contribution in [2.75, 3.05) is 19.8 Å². The van der Waals surface area contributed by atoms with Crippen LogP contribution in [0.15, 0.2) is 18.5 Å². The summed E-state index contributed by atoms with van der Waals surface area (Å²) in [4.78, 5) is 26.8. The molecule has 1 aliphatic rings. The van der Waals surface area contributed by atoms with Gasteiger partial charge in [-0.3, -0.25) is 14.6 Å². The second-order valence-corrected chi connectivity index (χ2v) is 4.77. The molecule has 1 amide bonds. The van der Waals surface area contributed by atoms with E-state index in [0.29, 0.717) is 26.1 Å². The molecular formula is C13H15FN2O4. The minimum absolute atomic E-state index is 0.0129. The largest absolute Gasteiger partial charge is 0.481 e. The number of aliphatic carboxylic acids is 1. The first-order chi connectivity index (χ1) is 9.53. The first kappa shape index (κ1) is 14.4. The van der Waals surface area contributed by atoms with Crippen LogP contribution in [0.25, 0.3) is 0 Å². The van der Waals surface area contributed by atoms with Gasteiger partial charge in [-0.05, 0) is 18.9 Å². The molecular weight excluding hydrogens is 267 g/mol. The molecule has 0 saturated carbocycles. The lowest BCUT2D eigenvalue weighted by molar-refractivity contribution is -0.154. The van der Waals surface area contributed by atoms with Gasteiger partial charge in [-0.25, -0.2) is 4.39 Å². The minimum atomic E-state index is -1.02. The van der Waals surface area contributed by atoms with Gasteiger partial charge in [0.25, 0.3) is 5.91 Å². The van der Waals surface area contributed by atoms with Crippen molar-refractivity contribution < 1.29 is 23.8 Å². The smallest absolute Gasteiger partial charge is 0.311 e. The van der Waals surface area contributed by atoms with Crippen molar-refractivity contribution >= 4 is 11.9 Å². The van der Waals surface area contributed by atoms with E-state index in [2.05, 4.69) is 10.3 Å². The molecule has 1 aromatic rings. The SMILES string of the molecule is O=C(NCC1(C(=O)O)CCOCC1)c1cncc(F)c1. The third-order valence-electron chi connectivity index (χ3n) is 3.46. The first-order valence-electron chi connectivity index (χ1n) is 6.23. The highest BCUT2D eigenvalue weighted by Gasteiger charge is 2.40. The maximum Gasteiger partial charge on any atom is 0.311 e. The van der Waals surface area contributed by atoms with E-state index in [4.69, 9.17) is 4.74 Å². The summed E-state index contributed by atoms with van der Waals surface area (Å²) < 4.78 is 18.1. The monoisotopic (exact) mass is 282 g/mol. The van der Waals surface area contributed by atoms with E-state index in [0.717, 1.165) is 12.3 Å². The van der Waals surface area contributed by atoms with Crippen LogP contribution in [0.5, 0.6) is 0 Å². The summed E-state index contributed by atoms with van der Waals surface area (Å²) in [6.07, 6.45) is 2.90. The average molecular weight is 282 g/mol. The van der Waals surface area contributed by atoms with E-state index in [1.54, 1.807) is 0 Å². The topological polar surface area (TPSA) is 88.5 Å². The van der Waals surface area contributed by atoms with Crippen LogP contribution < -0.4 is 5.32 Å². The number of nitrogens with zero attached hydrogens (tertiary/aromatic N) is 1. The van der Waals surface area contributed by atoms with E-state index >= 15 is 0 Å². The van der Waals surface area contributed by atoms with Gasteiger partial charge < -0.3 is 15.2 Å². The molecule has 6 nitrogen and oxygen atoms in total. The molecule has 2 rings (SSSR count). The standard InChI is InChI=1S/C13H15FN2O4/c14-10-5-9(6-15-7-10)11(17)16-8-13(12(18)19)1-3-20-4-2-13/h5-7H,1-4,8H2,(H,16,17)(H,18,19). The molecule has 0 aromatic carbocycles. The first-order valence-corrected chi connectivity index (χ1v) is 6.23. The van der Waals surface area contributed by atoms with Crippen molar-refractivity contribution in [3.05, 3.63) is 29.8 Å². The van der Waals surface area contributed by atoms with Crippen LogP contribution in [-0.4, -0.2) is 41.7 Å². The predicted molar refractivity (Wildman–Crippen MR) is 66.7 cm³/mol. The molecule has 1 aromatic heterocycles. The lowest BCUT2D eigenvalue weighted by Gasteiger charge is -2.33. The summed E-state index contributed by atoms with van der Waals surface area (Å²) in [6.45, 7) is 0.689. The van der Waals surface area contributed by atoms with Crippen molar-refractivity contribution in [3.63, 3.8) is 0 Å². The van der Waals surface area contributed by atoms with E-state index < -0.39 is 23.1 Å². The Balaban J connectivity index is 2.02. The van der Waals surface area contributed by atoms with E-state index in [1.807, 2.05) is 0 Å². The second kappa shape index (κ2) is 5.96. The average Bonchev–Trinajstić information content (AvgIpc) is 2.45. The van der Waals surface area contributed by atoms with Crippen LogP contribution in [0, 0.1) is 11.2 Å². The van der Waals surface area contributed by atoms with Crippen molar-refractivity contribution in [1.29, 1.82) is 0 Å². The second-order valence-electron chi connectivity index (χ2n) is 4.77. The number of carboxylic acids is 1. The van der Waals surface area contributed by atoms with Crippen LogP contribution in [0.4, 0.5) is 4.39 Å². The van der Waals surface area contributed by atoms with Crippen LogP contribution in [0.3, 0.4) is 0 Å². The molecule has 0 bridgehead atoms.